The van der Waals surface area contributed by atoms with Crippen LogP contribution in [0.3, 0.4) is 0 Å². The van der Waals surface area contributed by atoms with Crippen LogP contribution in [0, 0.1) is 11.3 Å². The van der Waals surface area contributed by atoms with Gasteiger partial charge in [-0.2, -0.15) is 5.26 Å². The molecule has 5 heteroatoms. The molecule has 0 saturated carbocycles. The first kappa shape index (κ1) is 9.60. The lowest BCUT2D eigenvalue weighted by Crippen LogP contribution is -2.21. The topological polar surface area (TPSA) is 35.8 Å². The van der Waals surface area contributed by atoms with E-state index in [1.54, 1.807) is 6.07 Å². The molecule has 0 aromatic heterocycles. The van der Waals surface area contributed by atoms with Crippen molar-refractivity contribution in [2.24, 2.45) is 0 Å². The molecule has 0 amide bonds. The van der Waals surface area contributed by atoms with Crippen LogP contribution in [0.15, 0.2) is 0 Å². The molecule has 1 fully saturated rings. The van der Waals surface area contributed by atoms with E-state index in [1.807, 2.05) is 0 Å². The summed E-state index contributed by atoms with van der Waals surface area (Å²) in [6.07, 6.45) is -0.344. The molecule has 58 valence electrons. The van der Waals surface area contributed by atoms with Crippen LogP contribution in [0.5, 0.6) is 0 Å². The van der Waals surface area contributed by atoms with Gasteiger partial charge >= 0.3 is 0 Å². The molecule has 2 nitrogen and oxygen atoms in total. The largest absolute Gasteiger partial charge is 0.296 e. The molecule has 1 saturated heterocycles. The molecule has 1 rings (SSSR count). The van der Waals surface area contributed by atoms with Crippen molar-refractivity contribution in [1.29, 1.82) is 5.26 Å². The van der Waals surface area contributed by atoms with Crippen molar-refractivity contribution >= 4 is 12.4 Å². The zero-order valence-electron chi connectivity index (χ0n) is 5.10. The van der Waals surface area contributed by atoms with Gasteiger partial charge < -0.3 is 0 Å². The molecule has 1 N–H and O–H groups in total. The van der Waals surface area contributed by atoms with Crippen LogP contribution in [0.4, 0.5) is 8.78 Å². The second-order valence-corrected chi connectivity index (χ2v) is 2.12. The van der Waals surface area contributed by atoms with E-state index in [9.17, 15) is 8.78 Å². The predicted molar refractivity (Wildman–Crippen MR) is 34.2 cm³/mol. The molecule has 0 bridgehead atoms. The number of nitrogens with zero attached hydrogens (tertiary/aromatic N) is 1. The molecule has 1 aliphatic heterocycles. The summed E-state index contributed by atoms with van der Waals surface area (Å²) in [7, 11) is 0. The van der Waals surface area contributed by atoms with Gasteiger partial charge in [0.15, 0.2) is 0 Å². The first-order valence-electron chi connectivity index (χ1n) is 2.65. The number of nitriles is 1. The quantitative estimate of drug-likeness (QED) is 0.584. The molecule has 0 aromatic carbocycles. The minimum Gasteiger partial charge on any atom is -0.296 e. The van der Waals surface area contributed by atoms with Crippen LogP contribution in [0.25, 0.3) is 0 Å². The van der Waals surface area contributed by atoms with E-state index in [-0.39, 0.29) is 25.4 Å². The third-order valence-corrected chi connectivity index (χ3v) is 1.27. The molecule has 10 heavy (non-hydrogen) atoms. The summed E-state index contributed by atoms with van der Waals surface area (Å²) >= 11 is 0. The van der Waals surface area contributed by atoms with Crippen molar-refractivity contribution in [3.63, 3.8) is 0 Å². The summed E-state index contributed by atoms with van der Waals surface area (Å²) in [5.74, 6) is -2.67. The molecular weight excluding hydrogens is 162 g/mol. The van der Waals surface area contributed by atoms with Gasteiger partial charge in [0.05, 0.1) is 12.6 Å². The monoisotopic (exact) mass is 168 g/mol. The Balaban J connectivity index is 0.000000810. The first-order chi connectivity index (χ1) is 4.14. The smallest absolute Gasteiger partial charge is 0.262 e. The van der Waals surface area contributed by atoms with Gasteiger partial charge in [0.2, 0.25) is 0 Å². The summed E-state index contributed by atoms with van der Waals surface area (Å²) in [5, 5.41) is 10.5. The van der Waals surface area contributed by atoms with Crippen LogP contribution in [0.2, 0.25) is 0 Å². The molecule has 0 spiro atoms. The minimum absolute atomic E-state index is 0. The SMILES string of the molecule is Cl.N#CC1CC(F)(F)CN1. The number of halogens is 3. The van der Waals surface area contributed by atoms with E-state index in [0.717, 1.165) is 0 Å². The molecule has 0 aromatic rings. The van der Waals surface area contributed by atoms with Gasteiger partial charge in [-0.15, -0.1) is 12.4 Å². The number of rotatable bonds is 0. The van der Waals surface area contributed by atoms with Crippen molar-refractivity contribution in [3.05, 3.63) is 0 Å². The molecule has 1 aliphatic rings. The Kier molecular flexibility index (Phi) is 3.00. The van der Waals surface area contributed by atoms with E-state index in [1.165, 1.54) is 0 Å². The molecule has 0 aliphatic carbocycles. The highest BCUT2D eigenvalue weighted by atomic mass is 35.5. The standard InChI is InChI=1S/C5H6F2N2.ClH/c6-5(7)1-4(2-8)9-3-5;/h4,9H,1,3H2;1H. The highest BCUT2D eigenvalue weighted by Crippen LogP contribution is 2.24. The van der Waals surface area contributed by atoms with E-state index in [4.69, 9.17) is 5.26 Å². The van der Waals surface area contributed by atoms with Crippen molar-refractivity contribution in [2.75, 3.05) is 6.54 Å². The lowest BCUT2D eigenvalue weighted by Gasteiger charge is -2.02. The van der Waals surface area contributed by atoms with Crippen molar-refractivity contribution in [3.8, 4) is 6.07 Å². The maximum atomic E-state index is 12.2. The van der Waals surface area contributed by atoms with Gasteiger partial charge in [-0.3, -0.25) is 5.32 Å². The maximum Gasteiger partial charge on any atom is 0.262 e. The molecule has 1 heterocycles. The fraction of sp³-hybridized carbons (Fsp3) is 0.800. The normalized spacial score (nSPS) is 28.7. The number of hydrogen-bond acceptors (Lipinski definition) is 2. The second-order valence-electron chi connectivity index (χ2n) is 2.12. The molecule has 1 unspecified atom stereocenters. The van der Waals surface area contributed by atoms with Gasteiger partial charge in [-0.05, 0) is 0 Å². The van der Waals surface area contributed by atoms with Crippen LogP contribution >= 0.6 is 12.4 Å². The Labute approximate surface area is 63.6 Å². The summed E-state index contributed by atoms with van der Waals surface area (Å²) < 4.78 is 24.3. The van der Waals surface area contributed by atoms with Crippen molar-refractivity contribution in [2.45, 2.75) is 18.4 Å². The second kappa shape index (κ2) is 3.13. The Morgan fingerprint density at radius 1 is 1.60 bits per heavy atom. The third-order valence-electron chi connectivity index (χ3n) is 1.27. The van der Waals surface area contributed by atoms with Crippen LogP contribution < -0.4 is 5.32 Å². The van der Waals surface area contributed by atoms with Crippen LogP contribution in [-0.4, -0.2) is 18.5 Å². The first-order valence-corrected chi connectivity index (χ1v) is 2.65. The van der Waals surface area contributed by atoms with Gasteiger partial charge in [0.25, 0.3) is 5.92 Å². The summed E-state index contributed by atoms with van der Waals surface area (Å²) in [6.45, 7) is -0.356. The Morgan fingerprint density at radius 2 is 2.20 bits per heavy atom. The summed E-state index contributed by atoms with van der Waals surface area (Å²) in [4.78, 5) is 0. The van der Waals surface area contributed by atoms with E-state index < -0.39 is 12.0 Å². The van der Waals surface area contributed by atoms with Gasteiger partial charge in [0.1, 0.15) is 6.04 Å². The van der Waals surface area contributed by atoms with Gasteiger partial charge in [0, 0.05) is 6.42 Å². The summed E-state index contributed by atoms with van der Waals surface area (Å²) in [6, 6.07) is 1.08. The van der Waals surface area contributed by atoms with Gasteiger partial charge in [-0.1, -0.05) is 0 Å². The molecule has 1 atom stereocenters. The third kappa shape index (κ3) is 2.09. The lowest BCUT2D eigenvalue weighted by molar-refractivity contribution is 0.0224. The molecular formula is C5H7ClF2N2. The number of hydrogen-bond donors (Lipinski definition) is 1. The van der Waals surface area contributed by atoms with Crippen molar-refractivity contribution < 1.29 is 8.78 Å². The van der Waals surface area contributed by atoms with Crippen molar-refractivity contribution in [1.82, 2.24) is 5.32 Å². The number of nitrogens with one attached hydrogen (secondary N) is 1. The van der Waals surface area contributed by atoms with Crippen LogP contribution in [-0.2, 0) is 0 Å². The summed E-state index contributed by atoms with van der Waals surface area (Å²) in [5.41, 5.74) is 0. The Bertz CT molecular complexity index is 154. The highest BCUT2D eigenvalue weighted by molar-refractivity contribution is 5.85. The lowest BCUT2D eigenvalue weighted by atomic mass is 10.2. The Morgan fingerprint density at radius 3 is 2.40 bits per heavy atom. The predicted octanol–water partition coefficient (Wildman–Crippen LogP) is 0.929. The zero-order chi connectivity index (χ0) is 6.91. The van der Waals surface area contributed by atoms with E-state index >= 15 is 0 Å². The van der Waals surface area contributed by atoms with Gasteiger partial charge in [-0.25, -0.2) is 8.78 Å². The average Bonchev–Trinajstić information content (AvgIpc) is 2.10. The zero-order valence-corrected chi connectivity index (χ0v) is 5.92. The Hall–Kier alpha value is -0.400. The van der Waals surface area contributed by atoms with E-state index in [2.05, 4.69) is 5.32 Å². The fourth-order valence-electron chi connectivity index (χ4n) is 0.807. The number of alkyl halides is 2. The average molecular weight is 169 g/mol. The minimum atomic E-state index is -2.67. The highest BCUT2D eigenvalue weighted by Gasteiger charge is 2.39. The fourth-order valence-corrected chi connectivity index (χ4v) is 0.807. The van der Waals surface area contributed by atoms with Crippen LogP contribution in [0.1, 0.15) is 6.42 Å². The molecule has 0 radical (unpaired) electrons. The van der Waals surface area contributed by atoms with E-state index in [0.29, 0.717) is 0 Å². The maximum absolute atomic E-state index is 12.2.